The maximum absolute atomic E-state index is 13.6. The van der Waals surface area contributed by atoms with Crippen molar-refractivity contribution in [3.8, 4) is 11.4 Å². The van der Waals surface area contributed by atoms with Gasteiger partial charge < -0.3 is 5.32 Å². The van der Waals surface area contributed by atoms with Crippen molar-refractivity contribution in [2.24, 2.45) is 0 Å². The molecule has 0 aliphatic heterocycles. The highest BCUT2D eigenvalue weighted by Gasteiger charge is 2.18. The van der Waals surface area contributed by atoms with Crippen molar-refractivity contribution in [1.29, 1.82) is 0 Å². The molecule has 0 saturated heterocycles. The van der Waals surface area contributed by atoms with Gasteiger partial charge in [0, 0.05) is 11.3 Å². The highest BCUT2D eigenvalue weighted by Crippen LogP contribution is 2.29. The Kier molecular flexibility index (Phi) is 5.51. The molecule has 0 unspecified atom stereocenters. The molecule has 33 heavy (non-hydrogen) atoms. The molecule has 1 amide bonds. The van der Waals surface area contributed by atoms with Crippen molar-refractivity contribution >= 4 is 40.0 Å². The van der Waals surface area contributed by atoms with Crippen LogP contribution in [0, 0.1) is 19.7 Å². The van der Waals surface area contributed by atoms with Crippen molar-refractivity contribution in [2.45, 2.75) is 18.9 Å². The molecule has 0 radical (unpaired) electrons. The molecule has 5 aromatic rings. The lowest BCUT2D eigenvalue weighted by atomic mass is 10.1. The number of halogens is 1. The van der Waals surface area contributed by atoms with Gasteiger partial charge in [-0.25, -0.2) is 9.37 Å². The minimum atomic E-state index is -0.395. The summed E-state index contributed by atoms with van der Waals surface area (Å²) in [7, 11) is 0. The van der Waals surface area contributed by atoms with Crippen LogP contribution in [0.25, 0.3) is 28.1 Å². The first-order valence-electron chi connectivity index (χ1n) is 10.4. The van der Waals surface area contributed by atoms with Gasteiger partial charge in [0.1, 0.15) is 10.8 Å². The predicted octanol–water partition coefficient (Wildman–Crippen LogP) is 5.43. The lowest BCUT2D eigenvalue weighted by Crippen LogP contribution is -2.15. The number of carbonyl (C=O) groups excluding carboxylic acids is 1. The van der Waals surface area contributed by atoms with E-state index < -0.39 is 5.82 Å². The molecule has 0 aliphatic carbocycles. The first-order chi connectivity index (χ1) is 16.0. The van der Waals surface area contributed by atoms with Crippen molar-refractivity contribution in [3.05, 3.63) is 83.7 Å². The summed E-state index contributed by atoms with van der Waals surface area (Å²) in [5.74, 6) is 0.169. The van der Waals surface area contributed by atoms with Crippen LogP contribution < -0.4 is 5.32 Å². The van der Waals surface area contributed by atoms with Crippen LogP contribution in [-0.4, -0.2) is 31.2 Å². The van der Waals surface area contributed by atoms with E-state index in [0.29, 0.717) is 22.2 Å². The molecule has 0 aliphatic rings. The summed E-state index contributed by atoms with van der Waals surface area (Å²) in [6.45, 7) is 3.86. The number of nitrogens with one attached hydrogen (secondary N) is 1. The highest BCUT2D eigenvalue weighted by molar-refractivity contribution is 8.00. The Morgan fingerprint density at radius 3 is 2.64 bits per heavy atom. The molecule has 5 rings (SSSR count). The van der Waals surface area contributed by atoms with E-state index in [1.807, 2.05) is 66.8 Å². The van der Waals surface area contributed by atoms with E-state index in [1.165, 1.54) is 23.9 Å². The van der Waals surface area contributed by atoms with Crippen molar-refractivity contribution in [3.63, 3.8) is 0 Å². The third-order valence-corrected chi connectivity index (χ3v) is 6.28. The van der Waals surface area contributed by atoms with E-state index in [-0.39, 0.29) is 11.7 Å². The van der Waals surface area contributed by atoms with Gasteiger partial charge >= 0.3 is 0 Å². The van der Waals surface area contributed by atoms with Crippen LogP contribution in [0.3, 0.4) is 0 Å². The van der Waals surface area contributed by atoms with Gasteiger partial charge in [0.05, 0.1) is 16.8 Å². The van der Waals surface area contributed by atoms with Crippen molar-refractivity contribution in [2.75, 3.05) is 11.1 Å². The molecule has 8 heteroatoms. The van der Waals surface area contributed by atoms with Crippen molar-refractivity contribution < 1.29 is 9.18 Å². The number of aromatic nitrogens is 4. The topological polar surface area (TPSA) is 72.2 Å². The Labute approximate surface area is 193 Å². The Morgan fingerprint density at radius 2 is 1.82 bits per heavy atom. The summed E-state index contributed by atoms with van der Waals surface area (Å²) in [5, 5.41) is 12.2. The number of hydrogen-bond donors (Lipinski definition) is 1. The monoisotopic (exact) mass is 457 g/mol. The van der Waals surface area contributed by atoms with Gasteiger partial charge in [-0.05, 0) is 43.7 Å². The maximum atomic E-state index is 13.6. The summed E-state index contributed by atoms with van der Waals surface area (Å²) >= 11 is 1.27. The summed E-state index contributed by atoms with van der Waals surface area (Å²) in [6.07, 6.45) is 0. The molecule has 0 fully saturated rings. The lowest BCUT2D eigenvalue weighted by molar-refractivity contribution is -0.113. The van der Waals surface area contributed by atoms with Gasteiger partial charge in [0.2, 0.25) is 5.91 Å². The number of rotatable bonds is 5. The summed E-state index contributed by atoms with van der Waals surface area (Å²) in [6, 6.07) is 20.2. The van der Waals surface area contributed by atoms with E-state index in [4.69, 9.17) is 4.98 Å². The van der Waals surface area contributed by atoms with Crippen LogP contribution in [0.4, 0.5) is 10.1 Å². The zero-order valence-corrected chi connectivity index (χ0v) is 18.9. The van der Waals surface area contributed by atoms with Crippen LogP contribution in [0.5, 0.6) is 0 Å². The van der Waals surface area contributed by atoms with Gasteiger partial charge in [-0.3, -0.25) is 9.20 Å². The Morgan fingerprint density at radius 1 is 1.03 bits per heavy atom. The first-order valence-corrected chi connectivity index (χ1v) is 11.4. The second-order valence-electron chi connectivity index (χ2n) is 7.75. The van der Waals surface area contributed by atoms with E-state index in [2.05, 4.69) is 15.5 Å². The number of benzene rings is 3. The molecular formula is C25H20FN5OS. The van der Waals surface area contributed by atoms with Crippen molar-refractivity contribution in [1.82, 2.24) is 19.6 Å². The van der Waals surface area contributed by atoms with Gasteiger partial charge in [-0.1, -0.05) is 59.8 Å². The quantitative estimate of drug-likeness (QED) is 0.356. The van der Waals surface area contributed by atoms with Gasteiger partial charge in [0.25, 0.3) is 0 Å². The average Bonchev–Trinajstić information content (AvgIpc) is 3.26. The molecule has 1 N–H and O–H groups in total. The number of hydrogen-bond acceptors (Lipinski definition) is 5. The highest BCUT2D eigenvalue weighted by atomic mass is 32.2. The zero-order valence-electron chi connectivity index (χ0n) is 18.0. The second-order valence-corrected chi connectivity index (χ2v) is 8.71. The molecule has 0 atom stereocenters. The number of fused-ring (bicyclic) bond motifs is 3. The minimum absolute atomic E-state index is 0.101. The van der Waals surface area contributed by atoms with E-state index in [1.54, 1.807) is 6.07 Å². The number of thioether (sulfide) groups is 1. The van der Waals surface area contributed by atoms with Gasteiger partial charge in [-0.2, -0.15) is 0 Å². The average molecular weight is 458 g/mol. The fourth-order valence-electron chi connectivity index (χ4n) is 3.59. The standard InChI is InChI=1S/C25H20FN5OS/c1-15-7-10-17(11-8-15)23-29-30-24-25(28-19-5-3-4-6-21(19)31(23)24)33-14-22(32)27-20-13-18(26)12-9-16(20)2/h3-13H,14H2,1-2H3,(H,27,32). The minimum Gasteiger partial charge on any atom is -0.325 e. The summed E-state index contributed by atoms with van der Waals surface area (Å²) in [5.41, 5.74) is 5.61. The van der Waals surface area contributed by atoms with Crippen LogP contribution in [0.2, 0.25) is 0 Å². The van der Waals surface area contributed by atoms with Crippen LogP contribution in [0.1, 0.15) is 11.1 Å². The molecule has 2 aromatic heterocycles. The smallest absolute Gasteiger partial charge is 0.234 e. The van der Waals surface area contributed by atoms with Crippen LogP contribution in [0.15, 0.2) is 71.8 Å². The number of amides is 1. The Hall–Kier alpha value is -3.78. The van der Waals surface area contributed by atoms with Gasteiger partial charge in [-0.15, -0.1) is 10.2 Å². The number of para-hydroxylation sites is 2. The number of carbonyl (C=O) groups is 1. The largest absolute Gasteiger partial charge is 0.325 e. The second kappa shape index (κ2) is 8.63. The SMILES string of the molecule is Cc1ccc(-c2nnc3c(SCC(=O)Nc4cc(F)ccc4C)nc4ccccc4n23)cc1. The zero-order chi connectivity index (χ0) is 22.9. The van der Waals surface area contributed by atoms with E-state index in [9.17, 15) is 9.18 Å². The number of anilines is 1. The van der Waals surface area contributed by atoms with E-state index in [0.717, 1.165) is 27.7 Å². The van der Waals surface area contributed by atoms with Gasteiger partial charge in [0.15, 0.2) is 11.5 Å². The normalized spacial score (nSPS) is 11.2. The van der Waals surface area contributed by atoms with E-state index >= 15 is 0 Å². The third-order valence-electron chi connectivity index (χ3n) is 5.32. The third kappa shape index (κ3) is 4.17. The molecule has 2 heterocycles. The Bertz CT molecular complexity index is 1500. The fraction of sp³-hybridized carbons (Fsp3) is 0.120. The molecule has 0 spiro atoms. The predicted molar refractivity (Wildman–Crippen MR) is 129 cm³/mol. The molecule has 0 saturated carbocycles. The number of nitrogens with zero attached hydrogens (tertiary/aromatic N) is 4. The lowest BCUT2D eigenvalue weighted by Gasteiger charge is -2.10. The Balaban J connectivity index is 1.50. The molecule has 0 bridgehead atoms. The summed E-state index contributed by atoms with van der Waals surface area (Å²) < 4.78 is 15.5. The fourth-order valence-corrected chi connectivity index (χ4v) is 4.36. The molecular weight excluding hydrogens is 437 g/mol. The summed E-state index contributed by atoms with van der Waals surface area (Å²) in [4.78, 5) is 17.3. The van der Waals surface area contributed by atoms with Crippen LogP contribution in [-0.2, 0) is 4.79 Å². The first kappa shape index (κ1) is 21.1. The maximum Gasteiger partial charge on any atom is 0.234 e. The number of aryl methyl sites for hydroxylation is 2. The van der Waals surface area contributed by atoms with Crippen LogP contribution >= 0.6 is 11.8 Å². The molecule has 6 nitrogen and oxygen atoms in total. The molecule has 3 aromatic carbocycles. The molecule has 164 valence electrons.